The Hall–Kier alpha value is 0.840. The molecule has 0 spiro atoms. The van der Waals surface area contributed by atoms with Gasteiger partial charge in [-0.25, -0.2) is 4.57 Å². The third-order valence-electron chi connectivity index (χ3n) is 0.978. The van der Waals surface area contributed by atoms with Gasteiger partial charge in [0.25, 0.3) is 0 Å². The normalized spacial score (nSPS) is 14.3. The molecule has 0 saturated heterocycles. The second-order valence-corrected chi connectivity index (χ2v) is 7.23. The number of phosphoric acid groups is 1. The predicted molar refractivity (Wildman–Crippen MR) is 69.3 cm³/mol. The van der Waals surface area contributed by atoms with E-state index in [1.807, 2.05) is 64.1 Å². The van der Waals surface area contributed by atoms with E-state index in [0.29, 0.717) is 0 Å². The van der Waals surface area contributed by atoms with Crippen molar-refractivity contribution in [1.82, 2.24) is 0 Å². The molecule has 0 fully saturated rings. The van der Waals surface area contributed by atoms with Gasteiger partial charge in [-0.2, -0.15) is 0 Å². The number of hydrogen-bond acceptors (Lipinski definition) is 4. The Kier molecular flexibility index (Phi) is 5.75. The van der Waals surface area contributed by atoms with Gasteiger partial charge in [0.05, 0.1) is 11.2 Å². The second kappa shape index (κ2) is 5.45. The highest BCUT2D eigenvalue weighted by Crippen LogP contribution is 2.55. The van der Waals surface area contributed by atoms with Crippen molar-refractivity contribution in [2.75, 3.05) is 4.61 Å². The lowest BCUT2D eigenvalue weighted by Crippen LogP contribution is -2.24. The smallest absolute Gasteiger partial charge is 0.281 e. The minimum absolute atomic E-state index is 0.265. The third-order valence-corrected chi connectivity index (χ3v) is 3.77. The Morgan fingerprint density at radius 1 is 1.00 bits per heavy atom. The maximum atomic E-state index is 12.2. The van der Waals surface area contributed by atoms with Crippen LogP contribution in [-0.4, -0.2) is 15.8 Å². The molecule has 0 aromatic rings. The fourth-order valence-electron chi connectivity index (χ4n) is 0.802. The Morgan fingerprint density at radius 2 is 1.33 bits per heavy atom. The van der Waals surface area contributed by atoms with Gasteiger partial charge in [-0.05, 0) is 41.5 Å². The summed E-state index contributed by atoms with van der Waals surface area (Å²) in [6.07, 6.45) is 0. The van der Waals surface area contributed by atoms with Crippen molar-refractivity contribution in [3.05, 3.63) is 0 Å². The van der Waals surface area contributed by atoms with E-state index in [4.69, 9.17) is 13.6 Å². The number of alkyl halides is 1. The van der Waals surface area contributed by atoms with Gasteiger partial charge in [0.1, 0.15) is 4.61 Å². The lowest BCUT2D eigenvalue weighted by molar-refractivity contribution is 0.00989. The maximum absolute atomic E-state index is 12.2. The molecule has 0 aromatic carbocycles. The van der Waals surface area contributed by atoms with Crippen molar-refractivity contribution < 1.29 is 18.1 Å². The molecule has 0 saturated carbocycles. The summed E-state index contributed by atoms with van der Waals surface area (Å²) >= 11 is 1.96. The summed E-state index contributed by atoms with van der Waals surface area (Å²) in [5.74, 6) is 0. The summed E-state index contributed by atoms with van der Waals surface area (Å²) in [7, 11) is -3.47. The molecule has 0 atom stereocenters. The average Bonchev–Trinajstić information content (AvgIpc) is 1.74. The number of rotatable bonds is 4. The molecule has 15 heavy (non-hydrogen) atoms. The fraction of sp³-hybridized carbons (Fsp3) is 1.00. The summed E-state index contributed by atoms with van der Waals surface area (Å²) in [5, 5.41) is 0. The molecular formula is C9H20IO4P. The van der Waals surface area contributed by atoms with Crippen LogP contribution in [0, 0.1) is 0 Å². The number of phosphoric ester groups is 1. The Balaban J connectivity index is 4.68. The van der Waals surface area contributed by atoms with Gasteiger partial charge < -0.3 is 0 Å². The molecular weight excluding hydrogens is 330 g/mol. The highest BCUT2D eigenvalue weighted by atomic mass is 127. The molecule has 6 heteroatoms. The first-order valence-corrected chi connectivity index (χ1v) is 7.68. The zero-order valence-corrected chi connectivity index (χ0v) is 13.2. The van der Waals surface area contributed by atoms with Gasteiger partial charge in [0, 0.05) is 0 Å². The van der Waals surface area contributed by atoms with Crippen LogP contribution in [0.2, 0.25) is 0 Å². The quantitative estimate of drug-likeness (QED) is 0.434. The molecule has 0 heterocycles. The molecule has 92 valence electrons. The van der Waals surface area contributed by atoms with E-state index in [1.54, 1.807) is 0 Å². The van der Waals surface area contributed by atoms with Crippen molar-refractivity contribution in [2.24, 2.45) is 0 Å². The summed E-state index contributed by atoms with van der Waals surface area (Å²) in [6, 6.07) is 0. The Bertz CT molecular complexity index is 221. The van der Waals surface area contributed by atoms with Gasteiger partial charge >= 0.3 is 7.82 Å². The first kappa shape index (κ1) is 15.8. The Labute approximate surface area is 106 Å². The van der Waals surface area contributed by atoms with Crippen LogP contribution in [0.25, 0.3) is 0 Å². The van der Waals surface area contributed by atoms with Crippen molar-refractivity contribution in [1.29, 1.82) is 0 Å². The van der Waals surface area contributed by atoms with Crippen LogP contribution in [0.15, 0.2) is 0 Å². The van der Waals surface area contributed by atoms with E-state index < -0.39 is 19.0 Å². The molecule has 0 bridgehead atoms. The van der Waals surface area contributed by atoms with E-state index in [2.05, 4.69) is 0 Å². The minimum Gasteiger partial charge on any atom is -0.281 e. The molecule has 0 aliphatic heterocycles. The largest absolute Gasteiger partial charge is 0.476 e. The van der Waals surface area contributed by atoms with Gasteiger partial charge in [-0.1, -0.05) is 22.6 Å². The van der Waals surface area contributed by atoms with E-state index in [1.165, 1.54) is 0 Å². The first-order chi connectivity index (χ1) is 6.47. The van der Waals surface area contributed by atoms with Crippen LogP contribution in [-0.2, 0) is 18.1 Å². The van der Waals surface area contributed by atoms with E-state index >= 15 is 0 Å². The van der Waals surface area contributed by atoms with Gasteiger partial charge in [0.2, 0.25) is 0 Å². The van der Waals surface area contributed by atoms with Gasteiger partial charge in [0.15, 0.2) is 0 Å². The van der Waals surface area contributed by atoms with E-state index in [0.717, 1.165) is 0 Å². The van der Waals surface area contributed by atoms with Crippen LogP contribution in [0.4, 0.5) is 0 Å². The van der Waals surface area contributed by atoms with E-state index in [9.17, 15) is 4.57 Å². The van der Waals surface area contributed by atoms with Gasteiger partial charge in [-0.15, -0.1) is 0 Å². The van der Waals surface area contributed by atoms with Crippen LogP contribution in [0.1, 0.15) is 41.5 Å². The summed E-state index contributed by atoms with van der Waals surface area (Å²) in [4.78, 5) is 0. The molecule has 0 radical (unpaired) electrons. The predicted octanol–water partition coefficient (Wildman–Crippen LogP) is 4.13. The molecule has 0 rings (SSSR count). The molecule has 0 amide bonds. The zero-order valence-electron chi connectivity index (χ0n) is 10.2. The SMILES string of the molecule is CC(C)(C)OP(=O)(OCI)OC(C)(C)C. The average molecular weight is 350 g/mol. The Morgan fingerprint density at radius 3 is 1.53 bits per heavy atom. The topological polar surface area (TPSA) is 44.8 Å². The first-order valence-electron chi connectivity index (χ1n) is 4.69. The lowest BCUT2D eigenvalue weighted by Gasteiger charge is -2.30. The summed E-state index contributed by atoms with van der Waals surface area (Å²) in [5.41, 5.74) is -1.13. The summed E-state index contributed by atoms with van der Waals surface area (Å²) in [6.45, 7) is 10.8. The van der Waals surface area contributed by atoms with Crippen molar-refractivity contribution in [2.45, 2.75) is 52.7 Å². The minimum atomic E-state index is -3.47. The number of hydrogen-bond donors (Lipinski definition) is 0. The third kappa shape index (κ3) is 8.63. The lowest BCUT2D eigenvalue weighted by atomic mass is 10.2. The van der Waals surface area contributed by atoms with Crippen LogP contribution < -0.4 is 0 Å². The molecule has 0 N–H and O–H groups in total. The maximum Gasteiger partial charge on any atom is 0.476 e. The highest BCUT2D eigenvalue weighted by Gasteiger charge is 2.36. The van der Waals surface area contributed by atoms with Gasteiger partial charge in [-0.3, -0.25) is 13.6 Å². The molecule has 0 unspecified atom stereocenters. The van der Waals surface area contributed by atoms with Crippen LogP contribution in [0.5, 0.6) is 0 Å². The molecule has 0 aromatic heterocycles. The van der Waals surface area contributed by atoms with Crippen molar-refractivity contribution in [3.63, 3.8) is 0 Å². The highest BCUT2D eigenvalue weighted by molar-refractivity contribution is 14.1. The van der Waals surface area contributed by atoms with Crippen molar-refractivity contribution in [3.8, 4) is 0 Å². The monoisotopic (exact) mass is 350 g/mol. The van der Waals surface area contributed by atoms with E-state index in [-0.39, 0.29) is 4.61 Å². The fourth-order valence-corrected chi connectivity index (χ4v) is 3.43. The second-order valence-electron chi connectivity index (χ2n) is 5.09. The van der Waals surface area contributed by atoms with Crippen LogP contribution >= 0.6 is 30.4 Å². The van der Waals surface area contributed by atoms with Crippen LogP contribution in [0.3, 0.4) is 0 Å². The molecule has 0 aliphatic carbocycles. The standard InChI is InChI=1S/C9H20IO4P/c1-8(2,3)13-15(11,12-7-10)14-9(4,5)6/h7H2,1-6H3. The zero-order chi connectivity index (χ0) is 12.3. The molecule has 0 aliphatic rings. The number of halogens is 1. The summed E-state index contributed by atoms with van der Waals surface area (Å²) < 4.78 is 28.2. The van der Waals surface area contributed by atoms with Crippen molar-refractivity contribution >= 4 is 30.4 Å². The molecule has 4 nitrogen and oxygen atoms in total.